The molecule has 0 bridgehead atoms. The van der Waals surface area contributed by atoms with Gasteiger partial charge in [0, 0.05) is 11.7 Å². The Morgan fingerprint density at radius 1 is 1.03 bits per heavy atom. The molecule has 168 valence electrons. The van der Waals surface area contributed by atoms with Crippen molar-refractivity contribution in [2.45, 2.75) is 39.2 Å². The van der Waals surface area contributed by atoms with E-state index in [1.165, 1.54) is 6.42 Å². The van der Waals surface area contributed by atoms with E-state index in [0.717, 1.165) is 41.2 Å². The van der Waals surface area contributed by atoms with Crippen molar-refractivity contribution in [3.63, 3.8) is 0 Å². The van der Waals surface area contributed by atoms with E-state index in [0.29, 0.717) is 17.5 Å². The smallest absolute Gasteiger partial charge is 0.270 e. The number of hydrogen-bond acceptors (Lipinski definition) is 4. The predicted molar refractivity (Wildman–Crippen MR) is 126 cm³/mol. The number of benzene rings is 2. The Kier molecular flexibility index (Phi) is 6.49. The van der Waals surface area contributed by atoms with Crippen LogP contribution >= 0.6 is 0 Å². The Balaban J connectivity index is 1.58. The maximum absolute atomic E-state index is 13.1. The van der Waals surface area contributed by atoms with E-state index in [2.05, 4.69) is 24.1 Å². The summed E-state index contributed by atoms with van der Waals surface area (Å²) in [4.78, 5) is 17.3. The highest BCUT2D eigenvalue weighted by Crippen LogP contribution is 2.38. The Hall–Kier alpha value is -3.28. The van der Waals surface area contributed by atoms with Gasteiger partial charge in [0.25, 0.3) is 5.91 Å². The van der Waals surface area contributed by atoms with Crippen molar-refractivity contribution in [1.29, 1.82) is 0 Å². The van der Waals surface area contributed by atoms with Gasteiger partial charge in [-0.1, -0.05) is 44.9 Å². The number of imidazole rings is 1. The van der Waals surface area contributed by atoms with Crippen LogP contribution in [-0.2, 0) is 0 Å². The first-order valence-corrected chi connectivity index (χ1v) is 11.2. The topological polar surface area (TPSA) is 65.4 Å². The van der Waals surface area contributed by atoms with Crippen molar-refractivity contribution in [2.75, 3.05) is 14.2 Å². The second-order valence-corrected chi connectivity index (χ2v) is 8.58. The molecule has 3 atom stereocenters. The SMILES string of the molecule is COc1cccc(OC)c1-c1ccc(-n2cncc2C(=O)N[C@@H]2CCC[C@@H](C)[C@H]2C)cc1. The van der Waals surface area contributed by atoms with Gasteiger partial charge in [-0.25, -0.2) is 4.98 Å². The highest BCUT2D eigenvalue weighted by Gasteiger charge is 2.29. The number of hydrogen-bond donors (Lipinski definition) is 1. The number of ether oxygens (including phenoxy) is 2. The van der Waals surface area contributed by atoms with Gasteiger partial charge in [-0.2, -0.15) is 0 Å². The summed E-state index contributed by atoms with van der Waals surface area (Å²) in [6.07, 6.45) is 6.73. The molecule has 3 aromatic rings. The number of aromatic nitrogens is 2. The number of nitrogens with zero attached hydrogens (tertiary/aromatic N) is 2. The molecule has 1 aliphatic rings. The first kappa shape index (κ1) is 21.9. The van der Waals surface area contributed by atoms with Gasteiger partial charge >= 0.3 is 0 Å². The third kappa shape index (κ3) is 4.22. The van der Waals surface area contributed by atoms with Gasteiger partial charge in [0.05, 0.1) is 32.3 Å². The van der Waals surface area contributed by atoms with E-state index in [1.54, 1.807) is 26.7 Å². The normalized spacial score (nSPS) is 20.6. The number of methoxy groups -OCH3 is 2. The van der Waals surface area contributed by atoms with Crippen LogP contribution in [0.1, 0.15) is 43.6 Å². The predicted octanol–water partition coefficient (Wildman–Crippen LogP) is 5.11. The van der Waals surface area contributed by atoms with Crippen LogP contribution < -0.4 is 14.8 Å². The summed E-state index contributed by atoms with van der Waals surface area (Å²) in [6, 6.07) is 13.9. The maximum Gasteiger partial charge on any atom is 0.270 e. The third-order valence-corrected chi connectivity index (χ3v) is 6.76. The lowest BCUT2D eigenvalue weighted by atomic mass is 9.78. The monoisotopic (exact) mass is 433 g/mol. The molecule has 1 heterocycles. The van der Waals surface area contributed by atoms with Gasteiger partial charge in [0.2, 0.25) is 0 Å². The second-order valence-electron chi connectivity index (χ2n) is 8.58. The fourth-order valence-corrected chi connectivity index (χ4v) is 4.62. The summed E-state index contributed by atoms with van der Waals surface area (Å²) in [5.41, 5.74) is 3.28. The molecule has 0 saturated heterocycles. The zero-order chi connectivity index (χ0) is 22.7. The molecule has 2 aromatic carbocycles. The zero-order valence-corrected chi connectivity index (χ0v) is 19.2. The number of amides is 1. The molecular weight excluding hydrogens is 402 g/mol. The minimum Gasteiger partial charge on any atom is -0.496 e. The average molecular weight is 434 g/mol. The van der Waals surface area contributed by atoms with Crippen molar-refractivity contribution in [2.24, 2.45) is 11.8 Å². The van der Waals surface area contributed by atoms with Crippen LogP contribution in [0.15, 0.2) is 55.0 Å². The Labute approximate surface area is 189 Å². The molecule has 1 saturated carbocycles. The Morgan fingerprint density at radius 2 is 1.72 bits per heavy atom. The zero-order valence-electron chi connectivity index (χ0n) is 19.2. The highest BCUT2D eigenvalue weighted by molar-refractivity contribution is 5.93. The lowest BCUT2D eigenvalue weighted by molar-refractivity contribution is 0.0884. The molecule has 1 amide bonds. The fourth-order valence-electron chi connectivity index (χ4n) is 4.62. The molecule has 0 unspecified atom stereocenters. The Morgan fingerprint density at radius 3 is 2.38 bits per heavy atom. The summed E-state index contributed by atoms with van der Waals surface area (Å²) in [7, 11) is 3.30. The number of carbonyl (C=O) groups is 1. The fraction of sp³-hybridized carbons (Fsp3) is 0.385. The van der Waals surface area contributed by atoms with Gasteiger partial charge in [0.15, 0.2) is 0 Å². The van der Waals surface area contributed by atoms with Crippen LogP contribution in [-0.4, -0.2) is 35.7 Å². The van der Waals surface area contributed by atoms with Gasteiger partial charge < -0.3 is 14.8 Å². The van der Waals surface area contributed by atoms with Crippen LogP contribution in [0.25, 0.3) is 16.8 Å². The molecular formula is C26H31N3O3. The van der Waals surface area contributed by atoms with Crippen molar-refractivity contribution in [3.8, 4) is 28.3 Å². The first-order valence-electron chi connectivity index (χ1n) is 11.2. The molecule has 0 radical (unpaired) electrons. The molecule has 1 fully saturated rings. The lowest BCUT2D eigenvalue weighted by Gasteiger charge is -2.34. The molecule has 32 heavy (non-hydrogen) atoms. The van der Waals surface area contributed by atoms with E-state index in [4.69, 9.17) is 9.47 Å². The van der Waals surface area contributed by atoms with Gasteiger partial charge in [-0.05, 0) is 48.1 Å². The van der Waals surface area contributed by atoms with Crippen LogP contribution in [0.2, 0.25) is 0 Å². The third-order valence-electron chi connectivity index (χ3n) is 6.76. The summed E-state index contributed by atoms with van der Waals surface area (Å²) in [5, 5.41) is 3.25. The maximum atomic E-state index is 13.1. The molecule has 0 spiro atoms. The van der Waals surface area contributed by atoms with Crippen LogP contribution in [0.5, 0.6) is 11.5 Å². The number of carbonyl (C=O) groups excluding carboxylic acids is 1. The van der Waals surface area contributed by atoms with E-state index in [-0.39, 0.29) is 11.9 Å². The number of nitrogens with one attached hydrogen (secondary N) is 1. The van der Waals surface area contributed by atoms with Crippen LogP contribution in [0.4, 0.5) is 0 Å². The van der Waals surface area contributed by atoms with Crippen molar-refractivity contribution in [3.05, 3.63) is 60.7 Å². The summed E-state index contributed by atoms with van der Waals surface area (Å²) in [6.45, 7) is 4.50. The molecule has 1 aliphatic carbocycles. The minimum atomic E-state index is -0.0797. The highest BCUT2D eigenvalue weighted by atomic mass is 16.5. The van der Waals surface area contributed by atoms with Gasteiger partial charge in [-0.3, -0.25) is 9.36 Å². The minimum absolute atomic E-state index is 0.0797. The van der Waals surface area contributed by atoms with Crippen molar-refractivity contribution >= 4 is 5.91 Å². The quantitative estimate of drug-likeness (QED) is 0.587. The molecule has 1 aromatic heterocycles. The molecule has 6 heteroatoms. The average Bonchev–Trinajstić information content (AvgIpc) is 3.31. The molecule has 6 nitrogen and oxygen atoms in total. The Bertz CT molecular complexity index is 1050. The molecule has 0 aliphatic heterocycles. The van der Waals surface area contributed by atoms with Crippen molar-refractivity contribution < 1.29 is 14.3 Å². The van der Waals surface area contributed by atoms with E-state index >= 15 is 0 Å². The largest absolute Gasteiger partial charge is 0.496 e. The summed E-state index contributed by atoms with van der Waals surface area (Å²) in [5.74, 6) is 2.51. The van der Waals surface area contributed by atoms with Crippen molar-refractivity contribution in [1.82, 2.24) is 14.9 Å². The van der Waals surface area contributed by atoms with Gasteiger partial charge in [0.1, 0.15) is 17.2 Å². The molecule has 1 N–H and O–H groups in total. The standard InChI is InChI=1S/C26H31N3O3/c1-17-7-5-8-21(18(17)2)28-26(30)22-15-27-16-29(22)20-13-11-19(12-14-20)25-23(31-3)9-6-10-24(25)32-4/h6,9-18,21H,5,7-8H2,1-4H3,(H,28,30)/t17-,18-,21-/m1/s1. The molecule has 4 rings (SSSR count). The van der Waals surface area contributed by atoms with Crippen LogP contribution in [0, 0.1) is 11.8 Å². The summed E-state index contributed by atoms with van der Waals surface area (Å²) < 4.78 is 12.9. The van der Waals surface area contributed by atoms with E-state index in [9.17, 15) is 4.79 Å². The first-order chi connectivity index (χ1) is 15.5. The van der Waals surface area contributed by atoms with E-state index in [1.807, 2.05) is 47.0 Å². The summed E-state index contributed by atoms with van der Waals surface area (Å²) >= 11 is 0. The van der Waals surface area contributed by atoms with E-state index < -0.39 is 0 Å². The number of rotatable bonds is 6. The lowest BCUT2D eigenvalue weighted by Crippen LogP contribution is -2.44. The second kappa shape index (κ2) is 9.47. The van der Waals surface area contributed by atoms with Gasteiger partial charge in [-0.15, -0.1) is 0 Å². The van der Waals surface area contributed by atoms with Crippen LogP contribution in [0.3, 0.4) is 0 Å².